The zero-order valence-corrected chi connectivity index (χ0v) is 15.3. The first-order valence-corrected chi connectivity index (χ1v) is 8.73. The van der Waals surface area contributed by atoms with E-state index < -0.39 is 0 Å². The van der Waals surface area contributed by atoms with Crippen molar-refractivity contribution in [1.29, 1.82) is 0 Å². The third kappa shape index (κ3) is 4.84. The van der Waals surface area contributed by atoms with Crippen LogP contribution in [0.3, 0.4) is 0 Å². The fourth-order valence-electron chi connectivity index (χ4n) is 2.68. The highest BCUT2D eigenvalue weighted by molar-refractivity contribution is 6.31. The Bertz CT molecular complexity index is 631. The summed E-state index contributed by atoms with van der Waals surface area (Å²) in [5.74, 6) is 0.0846. The largest absolute Gasteiger partial charge is 0.343 e. The molecular weight excluding hydrogens is 328 g/mol. The van der Waals surface area contributed by atoms with Crippen molar-refractivity contribution in [3.8, 4) is 0 Å². The van der Waals surface area contributed by atoms with Crippen LogP contribution in [0, 0.1) is 12.8 Å². The molecule has 2 rings (SSSR count). The summed E-state index contributed by atoms with van der Waals surface area (Å²) >= 11 is 6.33. The Labute approximate surface area is 147 Å². The van der Waals surface area contributed by atoms with Gasteiger partial charge in [0.25, 0.3) is 0 Å². The van der Waals surface area contributed by atoms with Crippen LogP contribution in [-0.2, 0) is 16.1 Å². The lowest BCUT2D eigenvalue weighted by Crippen LogP contribution is -2.38. The number of hydrogen-bond acceptors (Lipinski definition) is 3. The van der Waals surface area contributed by atoms with Gasteiger partial charge in [0.1, 0.15) is 5.15 Å². The van der Waals surface area contributed by atoms with E-state index in [9.17, 15) is 9.59 Å². The molecule has 1 fully saturated rings. The van der Waals surface area contributed by atoms with E-state index in [1.165, 1.54) is 6.08 Å². The predicted octanol–water partition coefficient (Wildman–Crippen LogP) is 2.25. The Morgan fingerprint density at radius 1 is 1.33 bits per heavy atom. The second-order valence-corrected chi connectivity index (χ2v) is 6.86. The molecule has 1 saturated heterocycles. The number of nitrogens with one attached hydrogen (secondary N) is 1. The van der Waals surface area contributed by atoms with Gasteiger partial charge in [-0.3, -0.25) is 14.3 Å². The number of aryl methyl sites for hydroxylation is 1. The van der Waals surface area contributed by atoms with Crippen LogP contribution in [-0.4, -0.2) is 46.1 Å². The molecule has 2 heterocycles. The van der Waals surface area contributed by atoms with Crippen molar-refractivity contribution in [2.75, 3.05) is 19.6 Å². The van der Waals surface area contributed by atoms with Gasteiger partial charge in [-0.15, -0.1) is 0 Å². The average molecular weight is 353 g/mol. The average Bonchev–Trinajstić information content (AvgIpc) is 3.13. The number of likely N-dealkylation sites (tertiary alicyclic amines) is 1. The van der Waals surface area contributed by atoms with Gasteiger partial charge < -0.3 is 10.2 Å². The van der Waals surface area contributed by atoms with Gasteiger partial charge in [-0.2, -0.15) is 5.10 Å². The quantitative estimate of drug-likeness (QED) is 0.798. The number of carbonyl (C=O) groups is 2. The third-order valence-electron chi connectivity index (χ3n) is 3.92. The maximum Gasteiger partial charge on any atom is 0.244 e. The first-order chi connectivity index (χ1) is 11.4. The summed E-state index contributed by atoms with van der Waals surface area (Å²) < 4.78 is 1.75. The van der Waals surface area contributed by atoms with Crippen molar-refractivity contribution in [3.63, 3.8) is 0 Å². The standard InChI is InChI=1S/C17H25ClN4O2/c1-12(2)11-22-17(18)14(13(3)20-22)6-7-15(23)19-10-16(24)21-8-4-5-9-21/h6-7,12H,4-5,8-11H2,1-3H3,(H,19,23)/b7-6+. The Morgan fingerprint density at radius 3 is 2.62 bits per heavy atom. The van der Waals surface area contributed by atoms with Crippen molar-refractivity contribution in [2.45, 2.75) is 40.2 Å². The zero-order valence-electron chi connectivity index (χ0n) is 14.5. The van der Waals surface area contributed by atoms with E-state index in [1.807, 2.05) is 6.92 Å². The van der Waals surface area contributed by atoms with E-state index >= 15 is 0 Å². The maximum atomic E-state index is 11.9. The van der Waals surface area contributed by atoms with Gasteiger partial charge in [0, 0.05) is 31.3 Å². The number of carbonyl (C=O) groups excluding carboxylic acids is 2. The molecule has 1 aliphatic rings. The molecule has 6 nitrogen and oxygen atoms in total. The number of aromatic nitrogens is 2. The first kappa shape index (κ1) is 18.5. The summed E-state index contributed by atoms with van der Waals surface area (Å²) in [6, 6.07) is 0. The van der Waals surface area contributed by atoms with E-state index in [1.54, 1.807) is 15.7 Å². The van der Waals surface area contributed by atoms with E-state index in [-0.39, 0.29) is 18.4 Å². The highest BCUT2D eigenvalue weighted by Crippen LogP contribution is 2.22. The molecule has 7 heteroatoms. The smallest absolute Gasteiger partial charge is 0.244 e. The molecule has 1 aromatic rings. The number of amides is 2. The zero-order chi connectivity index (χ0) is 17.7. The van der Waals surface area contributed by atoms with Crippen LogP contribution in [0.15, 0.2) is 6.08 Å². The topological polar surface area (TPSA) is 67.2 Å². The molecule has 0 spiro atoms. The first-order valence-electron chi connectivity index (χ1n) is 8.35. The van der Waals surface area contributed by atoms with Crippen molar-refractivity contribution in [2.24, 2.45) is 5.92 Å². The predicted molar refractivity (Wildman–Crippen MR) is 94.7 cm³/mol. The van der Waals surface area contributed by atoms with Gasteiger partial charge in [-0.05, 0) is 31.8 Å². The molecule has 132 valence electrons. The van der Waals surface area contributed by atoms with Crippen molar-refractivity contribution < 1.29 is 9.59 Å². The molecular formula is C17H25ClN4O2. The van der Waals surface area contributed by atoms with E-state index in [0.717, 1.165) is 43.7 Å². The van der Waals surface area contributed by atoms with Crippen LogP contribution >= 0.6 is 11.6 Å². The maximum absolute atomic E-state index is 11.9. The molecule has 1 aliphatic heterocycles. The summed E-state index contributed by atoms with van der Waals surface area (Å²) in [6.45, 7) is 8.37. The fourth-order valence-corrected chi connectivity index (χ4v) is 2.99. The minimum atomic E-state index is -0.311. The second-order valence-electron chi connectivity index (χ2n) is 6.50. The molecule has 24 heavy (non-hydrogen) atoms. The Kier molecular flexibility index (Phi) is 6.43. The van der Waals surface area contributed by atoms with Crippen LogP contribution < -0.4 is 5.32 Å². The Morgan fingerprint density at radius 2 is 2.00 bits per heavy atom. The summed E-state index contributed by atoms with van der Waals surface area (Å²) in [5, 5.41) is 7.54. The molecule has 0 atom stereocenters. The van der Waals surface area contributed by atoms with E-state index in [4.69, 9.17) is 11.6 Å². The molecule has 0 radical (unpaired) electrons. The Balaban J connectivity index is 1.91. The SMILES string of the molecule is Cc1nn(CC(C)C)c(Cl)c1/C=C/C(=O)NCC(=O)N1CCCC1. The van der Waals surface area contributed by atoms with Gasteiger partial charge in [-0.25, -0.2) is 0 Å². The minimum Gasteiger partial charge on any atom is -0.343 e. The van der Waals surface area contributed by atoms with E-state index in [2.05, 4.69) is 24.3 Å². The van der Waals surface area contributed by atoms with Crippen LogP contribution in [0.25, 0.3) is 6.08 Å². The lowest BCUT2D eigenvalue weighted by Gasteiger charge is -2.14. The van der Waals surface area contributed by atoms with Crippen molar-refractivity contribution in [1.82, 2.24) is 20.0 Å². The van der Waals surface area contributed by atoms with Gasteiger partial charge in [-0.1, -0.05) is 25.4 Å². The van der Waals surface area contributed by atoms with Gasteiger partial charge in [0.15, 0.2) is 0 Å². The molecule has 0 unspecified atom stereocenters. The highest BCUT2D eigenvalue weighted by atomic mass is 35.5. The van der Waals surface area contributed by atoms with Gasteiger partial charge in [0.05, 0.1) is 12.2 Å². The molecule has 0 bridgehead atoms. The van der Waals surface area contributed by atoms with Crippen LogP contribution in [0.1, 0.15) is 37.9 Å². The molecule has 0 saturated carbocycles. The number of rotatable bonds is 6. The second kappa shape index (κ2) is 8.33. The highest BCUT2D eigenvalue weighted by Gasteiger charge is 2.18. The lowest BCUT2D eigenvalue weighted by atomic mass is 10.2. The summed E-state index contributed by atoms with van der Waals surface area (Å²) in [7, 11) is 0. The molecule has 1 aromatic heterocycles. The number of hydrogen-bond donors (Lipinski definition) is 1. The summed E-state index contributed by atoms with van der Waals surface area (Å²) in [4.78, 5) is 25.6. The Hall–Kier alpha value is -1.82. The third-order valence-corrected chi connectivity index (χ3v) is 4.32. The van der Waals surface area contributed by atoms with Crippen LogP contribution in [0.2, 0.25) is 5.15 Å². The monoisotopic (exact) mass is 352 g/mol. The van der Waals surface area contributed by atoms with Crippen LogP contribution in [0.4, 0.5) is 0 Å². The van der Waals surface area contributed by atoms with Gasteiger partial charge in [0.2, 0.25) is 11.8 Å². The van der Waals surface area contributed by atoms with Crippen molar-refractivity contribution in [3.05, 3.63) is 22.5 Å². The molecule has 2 amide bonds. The number of nitrogens with zero attached hydrogens (tertiary/aromatic N) is 3. The van der Waals surface area contributed by atoms with Crippen LogP contribution in [0.5, 0.6) is 0 Å². The molecule has 0 aliphatic carbocycles. The summed E-state index contributed by atoms with van der Waals surface area (Å²) in [5.41, 5.74) is 1.51. The summed E-state index contributed by atoms with van der Waals surface area (Å²) in [6.07, 6.45) is 5.12. The van der Waals surface area contributed by atoms with E-state index in [0.29, 0.717) is 11.1 Å². The minimum absolute atomic E-state index is 0.0303. The number of halogens is 1. The molecule has 0 aromatic carbocycles. The fraction of sp³-hybridized carbons (Fsp3) is 0.588. The van der Waals surface area contributed by atoms with Crippen molar-refractivity contribution >= 4 is 29.5 Å². The van der Waals surface area contributed by atoms with Gasteiger partial charge >= 0.3 is 0 Å². The molecule has 1 N–H and O–H groups in total. The normalized spacial score (nSPS) is 14.8. The lowest BCUT2D eigenvalue weighted by molar-refractivity contribution is -0.131.